The Balaban J connectivity index is 2.51. The summed E-state index contributed by atoms with van der Waals surface area (Å²) in [4.78, 5) is 10.9. The van der Waals surface area contributed by atoms with Crippen LogP contribution in [0.2, 0.25) is 0 Å². The summed E-state index contributed by atoms with van der Waals surface area (Å²) in [5.41, 5.74) is 0.948. The first-order chi connectivity index (χ1) is 9.17. The van der Waals surface area contributed by atoms with Gasteiger partial charge >= 0.3 is 0 Å². The number of rotatable bonds is 2. The molecule has 0 N–H and O–H groups in total. The highest BCUT2D eigenvalue weighted by Crippen LogP contribution is 2.39. The molecule has 1 heterocycles. The molecule has 0 spiro atoms. The third-order valence-electron chi connectivity index (χ3n) is 3.02. The second-order valence-corrected chi connectivity index (χ2v) is 7.44. The lowest BCUT2D eigenvalue weighted by Gasteiger charge is -2.33. The van der Waals surface area contributed by atoms with Gasteiger partial charge in [-0.15, -0.1) is 0 Å². The Morgan fingerprint density at radius 1 is 1.15 bits per heavy atom. The topological polar surface area (TPSA) is 54.5 Å². The van der Waals surface area contributed by atoms with Crippen LogP contribution < -0.4 is 0 Å². The molecular weight excluding hydrogens is 274 g/mol. The lowest BCUT2D eigenvalue weighted by molar-refractivity contribution is 0.112. The number of allylic oxidation sites excluding steroid dienone is 1. The fraction of sp³-hybridized carbons (Fsp3) is 0.267. The molecule has 0 fully saturated rings. The highest BCUT2D eigenvalue weighted by Gasteiger charge is 2.40. The Morgan fingerprint density at radius 3 is 2.10 bits per heavy atom. The van der Waals surface area contributed by atoms with Crippen LogP contribution in [0, 0.1) is 0 Å². The van der Waals surface area contributed by atoms with Crippen LogP contribution in [-0.2, 0) is 10.0 Å². The van der Waals surface area contributed by atoms with Gasteiger partial charge < -0.3 is 0 Å². The van der Waals surface area contributed by atoms with E-state index >= 15 is 0 Å². The zero-order valence-corrected chi connectivity index (χ0v) is 12.6. The fourth-order valence-electron chi connectivity index (χ4n) is 2.29. The Kier molecular flexibility index (Phi) is 3.34. The molecule has 20 heavy (non-hydrogen) atoms. The summed E-state index contributed by atoms with van der Waals surface area (Å²) in [6.45, 7) is 9.29. The first-order valence-electron chi connectivity index (χ1n) is 6.19. The third-order valence-corrected chi connectivity index (χ3v) is 5.19. The summed E-state index contributed by atoms with van der Waals surface area (Å²) >= 11 is 0. The number of nitrogens with zero attached hydrogens (tertiary/aromatic N) is 1. The normalized spacial score (nSPS) is 18.1. The van der Waals surface area contributed by atoms with E-state index in [1.54, 1.807) is 30.3 Å². The molecule has 1 aliphatic heterocycles. The molecule has 1 aliphatic rings. The van der Waals surface area contributed by atoms with Crippen LogP contribution in [0.4, 0.5) is 0 Å². The summed E-state index contributed by atoms with van der Waals surface area (Å²) in [6, 6.07) is 6.46. The molecular formula is C15H17NO3S. The van der Waals surface area contributed by atoms with E-state index in [-0.39, 0.29) is 4.91 Å². The first kappa shape index (κ1) is 14.5. The average Bonchev–Trinajstić information content (AvgIpc) is 2.58. The Morgan fingerprint density at radius 2 is 1.70 bits per heavy atom. The van der Waals surface area contributed by atoms with Gasteiger partial charge in [-0.25, -0.2) is 8.42 Å². The highest BCUT2D eigenvalue weighted by molar-refractivity contribution is 7.99. The number of carbonyl (C=O) groups is 1. The standard InChI is InChI=1S/C15H17NO3S/c1-11-9-14(13-7-5-12(10-17)6-8-13)20(18,19)16(11)15(2,3)4/h5-10H,1H2,2-4H3. The van der Waals surface area contributed by atoms with E-state index in [1.807, 2.05) is 20.8 Å². The molecule has 4 nitrogen and oxygen atoms in total. The molecule has 0 atom stereocenters. The lowest BCUT2D eigenvalue weighted by Crippen LogP contribution is -2.41. The van der Waals surface area contributed by atoms with Gasteiger partial charge in [0, 0.05) is 16.8 Å². The Hall–Kier alpha value is -1.88. The summed E-state index contributed by atoms with van der Waals surface area (Å²) in [5.74, 6) is 0. The maximum Gasteiger partial charge on any atom is 0.265 e. The van der Waals surface area contributed by atoms with Crippen molar-refractivity contribution >= 4 is 21.2 Å². The molecule has 5 heteroatoms. The van der Waals surface area contributed by atoms with E-state index in [0.717, 1.165) is 6.29 Å². The molecule has 0 amide bonds. The molecule has 106 valence electrons. The SMILES string of the molecule is C=C1C=C(c2ccc(C=O)cc2)S(=O)(=O)N1C(C)(C)C. The second-order valence-electron chi connectivity index (χ2n) is 5.68. The highest BCUT2D eigenvalue weighted by atomic mass is 32.2. The van der Waals surface area contributed by atoms with Crippen LogP contribution in [0.25, 0.3) is 4.91 Å². The fourth-order valence-corrected chi connectivity index (χ4v) is 4.28. The largest absolute Gasteiger partial charge is 0.298 e. The zero-order valence-electron chi connectivity index (χ0n) is 11.8. The van der Waals surface area contributed by atoms with Crippen molar-refractivity contribution in [3.8, 4) is 0 Å². The minimum Gasteiger partial charge on any atom is -0.298 e. The number of aldehydes is 1. The van der Waals surface area contributed by atoms with Gasteiger partial charge in [0.25, 0.3) is 10.0 Å². The van der Waals surface area contributed by atoms with Gasteiger partial charge in [0.05, 0.1) is 4.91 Å². The number of hydrogen-bond donors (Lipinski definition) is 0. The van der Waals surface area contributed by atoms with E-state index in [2.05, 4.69) is 6.58 Å². The van der Waals surface area contributed by atoms with Gasteiger partial charge in [-0.1, -0.05) is 30.8 Å². The maximum atomic E-state index is 12.6. The minimum atomic E-state index is -3.60. The Labute approximate surface area is 119 Å². The van der Waals surface area contributed by atoms with Crippen molar-refractivity contribution in [3.63, 3.8) is 0 Å². The van der Waals surface area contributed by atoms with Gasteiger partial charge in [0.15, 0.2) is 0 Å². The van der Waals surface area contributed by atoms with Crippen LogP contribution in [0.15, 0.2) is 42.6 Å². The average molecular weight is 291 g/mol. The van der Waals surface area contributed by atoms with Crippen molar-refractivity contribution in [2.45, 2.75) is 26.3 Å². The van der Waals surface area contributed by atoms with E-state index in [4.69, 9.17) is 0 Å². The maximum absolute atomic E-state index is 12.6. The van der Waals surface area contributed by atoms with Crippen molar-refractivity contribution in [1.29, 1.82) is 0 Å². The number of sulfonamides is 1. The summed E-state index contributed by atoms with van der Waals surface area (Å²) in [6.07, 6.45) is 2.29. The van der Waals surface area contributed by atoms with Gasteiger partial charge in [-0.2, -0.15) is 0 Å². The summed E-state index contributed by atoms with van der Waals surface area (Å²) < 4.78 is 26.6. The van der Waals surface area contributed by atoms with Crippen LogP contribution in [0.5, 0.6) is 0 Å². The smallest absolute Gasteiger partial charge is 0.265 e. The third kappa shape index (κ3) is 2.29. The molecule has 0 aliphatic carbocycles. The van der Waals surface area contributed by atoms with Crippen molar-refractivity contribution < 1.29 is 13.2 Å². The van der Waals surface area contributed by atoms with Crippen LogP contribution in [0.1, 0.15) is 36.7 Å². The molecule has 1 aromatic rings. The zero-order chi connectivity index (χ0) is 15.1. The summed E-state index contributed by atoms with van der Waals surface area (Å²) in [5, 5.41) is 0. The van der Waals surface area contributed by atoms with Crippen LogP contribution >= 0.6 is 0 Å². The monoisotopic (exact) mass is 291 g/mol. The predicted octanol–water partition coefficient (Wildman–Crippen LogP) is 2.80. The quantitative estimate of drug-likeness (QED) is 0.787. The van der Waals surface area contributed by atoms with Gasteiger partial charge in [-0.05, 0) is 32.4 Å². The molecule has 0 bridgehead atoms. The number of benzene rings is 1. The van der Waals surface area contributed by atoms with E-state index in [0.29, 0.717) is 16.8 Å². The van der Waals surface area contributed by atoms with E-state index < -0.39 is 15.6 Å². The van der Waals surface area contributed by atoms with E-state index in [1.165, 1.54) is 4.31 Å². The van der Waals surface area contributed by atoms with Crippen LogP contribution in [0.3, 0.4) is 0 Å². The Bertz CT molecular complexity index is 692. The first-order valence-corrected chi connectivity index (χ1v) is 7.63. The molecule has 1 aromatic carbocycles. The minimum absolute atomic E-state index is 0.217. The molecule has 0 radical (unpaired) electrons. The van der Waals surface area contributed by atoms with Gasteiger partial charge in [0.1, 0.15) is 6.29 Å². The number of carbonyl (C=O) groups excluding carboxylic acids is 1. The molecule has 0 aromatic heterocycles. The van der Waals surface area contributed by atoms with Crippen molar-refractivity contribution in [1.82, 2.24) is 4.31 Å². The van der Waals surface area contributed by atoms with Crippen molar-refractivity contribution in [3.05, 3.63) is 53.7 Å². The molecule has 2 rings (SSSR count). The van der Waals surface area contributed by atoms with Crippen molar-refractivity contribution in [2.75, 3.05) is 0 Å². The molecule has 0 saturated heterocycles. The van der Waals surface area contributed by atoms with Gasteiger partial charge in [0.2, 0.25) is 0 Å². The molecule has 0 saturated carbocycles. The van der Waals surface area contributed by atoms with E-state index in [9.17, 15) is 13.2 Å². The van der Waals surface area contributed by atoms with Gasteiger partial charge in [-0.3, -0.25) is 9.10 Å². The number of hydrogen-bond acceptors (Lipinski definition) is 3. The molecule has 0 unspecified atom stereocenters. The second kappa shape index (κ2) is 4.59. The van der Waals surface area contributed by atoms with Crippen LogP contribution in [-0.4, -0.2) is 24.5 Å². The summed E-state index contributed by atoms with van der Waals surface area (Å²) in [7, 11) is -3.60. The van der Waals surface area contributed by atoms with Crippen molar-refractivity contribution in [2.24, 2.45) is 0 Å². The lowest BCUT2D eigenvalue weighted by atomic mass is 10.1. The predicted molar refractivity (Wildman–Crippen MR) is 79.5 cm³/mol.